The molecule has 0 N–H and O–H groups in total. The van der Waals surface area contributed by atoms with Crippen molar-refractivity contribution in [3.05, 3.63) is 0 Å². The summed E-state index contributed by atoms with van der Waals surface area (Å²) in [7, 11) is 0. The summed E-state index contributed by atoms with van der Waals surface area (Å²) in [6.07, 6.45) is -4.66. The Hall–Kier alpha value is -0.740. The van der Waals surface area contributed by atoms with Crippen LogP contribution < -0.4 is 0 Å². The molecule has 0 aromatic rings. The molecule has 0 radical (unpaired) electrons. The Morgan fingerprint density at radius 3 is 1.89 bits per heavy atom. The van der Waals surface area contributed by atoms with Gasteiger partial charge in [0.15, 0.2) is 0 Å². The van der Waals surface area contributed by atoms with Crippen molar-refractivity contribution in [3.8, 4) is 0 Å². The van der Waals surface area contributed by atoms with E-state index in [1.54, 1.807) is 0 Å². The minimum Gasteiger partial charge on any atom is -0.294 e. The Balaban J connectivity index is 3.64. The van der Waals surface area contributed by atoms with Crippen molar-refractivity contribution in [2.45, 2.75) is 20.2 Å². The molecule has 0 saturated heterocycles. The van der Waals surface area contributed by atoms with Gasteiger partial charge in [-0.25, -0.2) is 0 Å². The molecule has 0 aliphatic heterocycles. The molecular weight excluding hydrogens is 135 g/mol. The largest absolute Gasteiger partial charge is 0.593 e. The van der Waals surface area contributed by atoms with Gasteiger partial charge < -0.3 is 0 Å². The maximum atomic E-state index is 11.1. The van der Waals surface area contributed by atoms with Crippen molar-refractivity contribution in [2.75, 3.05) is 0 Å². The average Bonchev–Trinajstić information content (AvgIpc) is 1.59. The third-order valence-corrected chi connectivity index (χ3v) is 0.332. The standard InChI is InChI=1S/C4H6F3NO/c1-3(2)8-9-4(5,6)7/h1-2H3. The number of alkyl halides is 3. The van der Waals surface area contributed by atoms with E-state index in [1.807, 2.05) is 0 Å². The smallest absolute Gasteiger partial charge is 0.294 e. The van der Waals surface area contributed by atoms with E-state index in [1.165, 1.54) is 13.8 Å². The molecule has 0 rings (SSSR count). The molecule has 0 fully saturated rings. The van der Waals surface area contributed by atoms with Gasteiger partial charge in [-0.1, -0.05) is 5.16 Å². The summed E-state index contributed by atoms with van der Waals surface area (Å²) in [6.45, 7) is 2.82. The Labute approximate surface area is 50.3 Å². The van der Waals surface area contributed by atoms with Crippen LogP contribution in [0.5, 0.6) is 0 Å². The van der Waals surface area contributed by atoms with E-state index in [4.69, 9.17) is 0 Å². The average molecular weight is 141 g/mol. The minimum atomic E-state index is -4.66. The monoisotopic (exact) mass is 141 g/mol. The second kappa shape index (κ2) is 2.70. The summed E-state index contributed by atoms with van der Waals surface area (Å²) in [5.74, 6) is 0. The zero-order chi connectivity index (χ0) is 7.49. The van der Waals surface area contributed by atoms with Crippen LogP contribution in [0, 0.1) is 0 Å². The van der Waals surface area contributed by atoms with Crippen molar-refractivity contribution in [3.63, 3.8) is 0 Å². The number of halogens is 3. The fourth-order valence-corrected chi connectivity index (χ4v) is 0.143. The summed E-state index contributed by atoms with van der Waals surface area (Å²) >= 11 is 0. The van der Waals surface area contributed by atoms with Gasteiger partial charge in [0.1, 0.15) is 0 Å². The Kier molecular flexibility index (Phi) is 2.48. The predicted molar refractivity (Wildman–Crippen MR) is 25.9 cm³/mol. The fourth-order valence-electron chi connectivity index (χ4n) is 0.143. The Morgan fingerprint density at radius 2 is 1.78 bits per heavy atom. The third kappa shape index (κ3) is 7.26. The summed E-state index contributed by atoms with van der Waals surface area (Å²) < 4.78 is 33.3. The second-order valence-corrected chi connectivity index (χ2v) is 1.58. The first kappa shape index (κ1) is 8.26. The van der Waals surface area contributed by atoms with Crippen LogP contribution >= 0.6 is 0 Å². The van der Waals surface area contributed by atoms with E-state index in [-0.39, 0.29) is 5.71 Å². The van der Waals surface area contributed by atoms with Gasteiger partial charge in [0.2, 0.25) is 0 Å². The molecule has 0 amide bonds. The molecule has 0 bridgehead atoms. The van der Waals surface area contributed by atoms with E-state index in [0.29, 0.717) is 0 Å². The van der Waals surface area contributed by atoms with Crippen molar-refractivity contribution in [2.24, 2.45) is 5.16 Å². The zero-order valence-electron chi connectivity index (χ0n) is 4.99. The summed E-state index contributed by atoms with van der Waals surface area (Å²) in [6, 6.07) is 0. The molecule has 54 valence electrons. The number of oxime groups is 1. The molecular formula is C4H6F3NO. The van der Waals surface area contributed by atoms with Crippen molar-refractivity contribution >= 4 is 5.71 Å². The number of rotatable bonds is 1. The van der Waals surface area contributed by atoms with Crippen LogP contribution in [0.15, 0.2) is 5.16 Å². The zero-order valence-corrected chi connectivity index (χ0v) is 4.99. The van der Waals surface area contributed by atoms with E-state index in [9.17, 15) is 13.2 Å². The lowest BCUT2D eigenvalue weighted by Crippen LogP contribution is -2.09. The lowest BCUT2D eigenvalue weighted by Gasteiger charge is -2.00. The van der Waals surface area contributed by atoms with Gasteiger partial charge >= 0.3 is 6.36 Å². The van der Waals surface area contributed by atoms with E-state index >= 15 is 0 Å². The van der Waals surface area contributed by atoms with Crippen LogP contribution in [0.4, 0.5) is 13.2 Å². The van der Waals surface area contributed by atoms with Crippen molar-refractivity contribution in [1.29, 1.82) is 0 Å². The first-order valence-electron chi connectivity index (χ1n) is 2.18. The molecule has 0 saturated carbocycles. The first-order chi connectivity index (χ1) is 3.92. The number of hydrogen-bond acceptors (Lipinski definition) is 2. The Morgan fingerprint density at radius 1 is 1.33 bits per heavy atom. The molecule has 0 spiro atoms. The lowest BCUT2D eigenvalue weighted by atomic mass is 10.5. The third-order valence-electron chi connectivity index (χ3n) is 0.332. The maximum Gasteiger partial charge on any atom is 0.593 e. The van der Waals surface area contributed by atoms with Crippen molar-refractivity contribution < 1.29 is 18.0 Å². The van der Waals surface area contributed by atoms with Gasteiger partial charge in [-0.3, -0.25) is 4.84 Å². The number of nitrogens with zero attached hydrogens (tertiary/aromatic N) is 1. The SMILES string of the molecule is CC(C)=NOC(F)(F)F. The Bertz CT molecular complexity index is 113. The topological polar surface area (TPSA) is 21.6 Å². The highest BCUT2D eigenvalue weighted by Crippen LogP contribution is 2.16. The molecule has 0 atom stereocenters. The van der Waals surface area contributed by atoms with Gasteiger partial charge in [0.05, 0.1) is 5.71 Å². The molecule has 0 aliphatic carbocycles. The maximum absolute atomic E-state index is 11.1. The molecule has 0 aliphatic rings. The highest BCUT2D eigenvalue weighted by molar-refractivity contribution is 5.78. The molecule has 2 nitrogen and oxygen atoms in total. The summed E-state index contributed by atoms with van der Waals surface area (Å²) in [5.41, 5.74) is 0.229. The van der Waals surface area contributed by atoms with Crippen molar-refractivity contribution in [1.82, 2.24) is 0 Å². The van der Waals surface area contributed by atoms with Crippen LogP contribution in [-0.2, 0) is 4.84 Å². The summed E-state index contributed by atoms with van der Waals surface area (Å²) in [4.78, 5) is 3.08. The predicted octanol–water partition coefficient (Wildman–Crippen LogP) is 1.92. The normalized spacial score (nSPS) is 10.8. The van der Waals surface area contributed by atoms with Crippen LogP contribution in [0.2, 0.25) is 0 Å². The first-order valence-corrected chi connectivity index (χ1v) is 2.18. The van der Waals surface area contributed by atoms with Crippen LogP contribution in [-0.4, -0.2) is 12.1 Å². The molecule has 0 aromatic heterocycles. The fraction of sp³-hybridized carbons (Fsp3) is 0.750. The molecule has 9 heavy (non-hydrogen) atoms. The molecule has 0 heterocycles. The van der Waals surface area contributed by atoms with E-state index in [2.05, 4.69) is 9.99 Å². The van der Waals surface area contributed by atoms with Crippen LogP contribution in [0.1, 0.15) is 13.8 Å². The van der Waals surface area contributed by atoms with Gasteiger partial charge in [-0.05, 0) is 13.8 Å². The molecule has 0 aromatic carbocycles. The molecule has 5 heteroatoms. The second-order valence-electron chi connectivity index (χ2n) is 1.58. The highest BCUT2D eigenvalue weighted by atomic mass is 19.4. The van der Waals surface area contributed by atoms with E-state index in [0.717, 1.165) is 0 Å². The highest BCUT2D eigenvalue weighted by Gasteiger charge is 2.30. The minimum absolute atomic E-state index is 0.229. The molecule has 0 unspecified atom stereocenters. The van der Waals surface area contributed by atoms with Gasteiger partial charge in [0, 0.05) is 0 Å². The summed E-state index contributed by atoms with van der Waals surface area (Å²) in [5, 5.41) is 2.69. The van der Waals surface area contributed by atoms with Crippen LogP contribution in [0.3, 0.4) is 0 Å². The van der Waals surface area contributed by atoms with Gasteiger partial charge in [-0.15, -0.1) is 13.2 Å². The number of hydrogen-bond donors (Lipinski definition) is 0. The van der Waals surface area contributed by atoms with E-state index < -0.39 is 6.36 Å². The van der Waals surface area contributed by atoms with Crippen LogP contribution in [0.25, 0.3) is 0 Å². The van der Waals surface area contributed by atoms with Gasteiger partial charge in [-0.2, -0.15) is 0 Å². The quantitative estimate of drug-likeness (QED) is 0.403. The van der Waals surface area contributed by atoms with Gasteiger partial charge in [0.25, 0.3) is 0 Å². The lowest BCUT2D eigenvalue weighted by molar-refractivity contribution is -0.325.